The van der Waals surface area contributed by atoms with Crippen LogP contribution in [0.25, 0.3) is 10.8 Å². The largest absolute Gasteiger partial charge is 0.496 e. The monoisotopic (exact) mass is 258 g/mol. The maximum Gasteiger partial charge on any atom is 0.339 e. The van der Waals surface area contributed by atoms with E-state index >= 15 is 0 Å². The van der Waals surface area contributed by atoms with E-state index in [9.17, 15) is 4.79 Å². The maximum absolute atomic E-state index is 11.8. The Balaban J connectivity index is 2.46. The highest BCUT2D eigenvalue weighted by Gasteiger charge is 2.33. The number of hydrogen-bond donors (Lipinski definition) is 0. The van der Waals surface area contributed by atoms with Crippen LogP contribution in [0.5, 0.6) is 11.5 Å². The molecule has 0 N–H and O–H groups in total. The van der Waals surface area contributed by atoms with Crippen LogP contribution in [0.3, 0.4) is 0 Å². The van der Waals surface area contributed by atoms with Crippen molar-refractivity contribution in [3.05, 3.63) is 35.4 Å². The molecule has 1 heterocycles. The molecule has 0 fully saturated rings. The topological polar surface area (TPSA) is 44.8 Å². The molecule has 0 aromatic heterocycles. The van der Waals surface area contributed by atoms with Gasteiger partial charge in [0.25, 0.3) is 0 Å². The number of benzene rings is 2. The number of rotatable bonds is 2. The smallest absolute Gasteiger partial charge is 0.339 e. The van der Waals surface area contributed by atoms with E-state index in [1.807, 2.05) is 31.2 Å². The molecular weight excluding hydrogens is 244 g/mol. The van der Waals surface area contributed by atoms with Gasteiger partial charge in [-0.25, -0.2) is 4.79 Å². The fourth-order valence-corrected chi connectivity index (χ4v) is 2.64. The highest BCUT2D eigenvalue weighted by Crippen LogP contribution is 2.45. The minimum Gasteiger partial charge on any atom is -0.496 e. The number of carbonyl (C=O) groups is 1. The molecule has 0 unspecified atom stereocenters. The summed E-state index contributed by atoms with van der Waals surface area (Å²) in [5.74, 6) is 1.08. The number of cyclic esters (lactones) is 1. The molecule has 0 saturated heterocycles. The van der Waals surface area contributed by atoms with E-state index < -0.39 is 0 Å². The first kappa shape index (κ1) is 11.8. The highest BCUT2D eigenvalue weighted by atomic mass is 16.6. The Morgan fingerprint density at radius 3 is 2.68 bits per heavy atom. The molecule has 2 aromatic carbocycles. The molecular formula is C15H14O4. The molecule has 98 valence electrons. The minimum absolute atomic E-state index is 0.299. The zero-order valence-corrected chi connectivity index (χ0v) is 11.0. The lowest BCUT2D eigenvalue weighted by Gasteiger charge is -2.14. The van der Waals surface area contributed by atoms with Crippen LogP contribution in [0.4, 0.5) is 0 Å². The summed E-state index contributed by atoms with van der Waals surface area (Å²) in [6.07, 6.45) is -0.299. The lowest BCUT2D eigenvalue weighted by Crippen LogP contribution is -1.98. The Kier molecular flexibility index (Phi) is 2.59. The summed E-state index contributed by atoms with van der Waals surface area (Å²) >= 11 is 0. The van der Waals surface area contributed by atoms with Crippen molar-refractivity contribution in [3.8, 4) is 11.5 Å². The summed E-state index contributed by atoms with van der Waals surface area (Å²) in [6.45, 7) is 1.84. The first-order valence-electron chi connectivity index (χ1n) is 6.06. The van der Waals surface area contributed by atoms with Crippen LogP contribution in [0.2, 0.25) is 0 Å². The van der Waals surface area contributed by atoms with Gasteiger partial charge >= 0.3 is 5.97 Å². The third-order valence-corrected chi connectivity index (χ3v) is 3.45. The molecule has 0 bridgehead atoms. The Hall–Kier alpha value is -2.23. The van der Waals surface area contributed by atoms with Gasteiger partial charge in [-0.05, 0) is 24.4 Å². The summed E-state index contributed by atoms with van der Waals surface area (Å²) in [5.41, 5.74) is 1.37. The van der Waals surface area contributed by atoms with E-state index in [0.717, 1.165) is 22.1 Å². The molecule has 0 amide bonds. The summed E-state index contributed by atoms with van der Waals surface area (Å²) in [7, 11) is 3.21. The van der Waals surface area contributed by atoms with Gasteiger partial charge < -0.3 is 14.2 Å². The zero-order chi connectivity index (χ0) is 13.6. The molecule has 1 aliphatic rings. The number of esters is 1. The molecule has 4 heteroatoms. The zero-order valence-electron chi connectivity index (χ0n) is 11.0. The van der Waals surface area contributed by atoms with Gasteiger partial charge in [-0.2, -0.15) is 0 Å². The first-order valence-corrected chi connectivity index (χ1v) is 6.06. The average Bonchev–Trinajstić information content (AvgIpc) is 2.71. The van der Waals surface area contributed by atoms with Crippen molar-refractivity contribution < 1.29 is 19.0 Å². The van der Waals surface area contributed by atoms with E-state index in [2.05, 4.69) is 0 Å². The van der Waals surface area contributed by atoms with Gasteiger partial charge in [0.2, 0.25) is 0 Å². The van der Waals surface area contributed by atoms with Crippen LogP contribution in [0.1, 0.15) is 28.9 Å². The Bertz CT molecular complexity index is 675. The van der Waals surface area contributed by atoms with Crippen molar-refractivity contribution in [2.75, 3.05) is 14.2 Å². The quantitative estimate of drug-likeness (QED) is 0.776. The number of fused-ring (bicyclic) bond motifs is 2. The predicted molar refractivity (Wildman–Crippen MR) is 70.9 cm³/mol. The summed E-state index contributed by atoms with van der Waals surface area (Å²) in [5, 5.41) is 1.78. The van der Waals surface area contributed by atoms with E-state index in [1.54, 1.807) is 14.2 Å². The van der Waals surface area contributed by atoms with E-state index in [-0.39, 0.29) is 12.1 Å². The second-order valence-corrected chi connectivity index (χ2v) is 4.48. The van der Waals surface area contributed by atoms with Gasteiger partial charge in [0, 0.05) is 5.56 Å². The summed E-state index contributed by atoms with van der Waals surface area (Å²) in [6, 6.07) is 7.52. The van der Waals surface area contributed by atoms with Gasteiger partial charge in [0.1, 0.15) is 17.6 Å². The van der Waals surface area contributed by atoms with Crippen LogP contribution in [-0.2, 0) is 4.74 Å². The van der Waals surface area contributed by atoms with E-state index in [1.165, 1.54) is 0 Å². The Labute approximate surface area is 110 Å². The summed E-state index contributed by atoms with van der Waals surface area (Å²) in [4.78, 5) is 11.8. The molecule has 0 aliphatic carbocycles. The fraction of sp³-hybridized carbons (Fsp3) is 0.267. The van der Waals surface area contributed by atoms with Gasteiger partial charge in [-0.3, -0.25) is 0 Å². The number of carbonyl (C=O) groups excluding carboxylic acids is 1. The molecule has 0 spiro atoms. The van der Waals surface area contributed by atoms with Crippen LogP contribution in [0.15, 0.2) is 24.3 Å². The van der Waals surface area contributed by atoms with Gasteiger partial charge in [0.15, 0.2) is 0 Å². The second kappa shape index (κ2) is 4.16. The normalized spacial score (nSPS) is 17.2. The Morgan fingerprint density at radius 1 is 1.21 bits per heavy atom. The molecule has 3 rings (SSSR count). The highest BCUT2D eigenvalue weighted by molar-refractivity contribution is 6.04. The van der Waals surface area contributed by atoms with E-state index in [4.69, 9.17) is 14.2 Å². The van der Waals surface area contributed by atoms with Crippen LogP contribution in [0, 0.1) is 0 Å². The maximum atomic E-state index is 11.8. The predicted octanol–water partition coefficient (Wildman–Crippen LogP) is 3.09. The SMILES string of the molecule is COc1cccc2cc3c(c(OC)c12)[C@H](C)OC3=O. The van der Waals surface area contributed by atoms with Crippen molar-refractivity contribution in [1.82, 2.24) is 0 Å². The molecule has 19 heavy (non-hydrogen) atoms. The Morgan fingerprint density at radius 2 is 2.00 bits per heavy atom. The molecule has 0 radical (unpaired) electrons. The van der Waals surface area contributed by atoms with Crippen LogP contribution in [-0.4, -0.2) is 20.2 Å². The molecule has 0 saturated carbocycles. The average molecular weight is 258 g/mol. The third-order valence-electron chi connectivity index (χ3n) is 3.45. The van der Waals surface area contributed by atoms with Crippen molar-refractivity contribution in [1.29, 1.82) is 0 Å². The molecule has 2 aromatic rings. The molecule has 4 nitrogen and oxygen atoms in total. The van der Waals surface area contributed by atoms with Crippen molar-refractivity contribution in [3.63, 3.8) is 0 Å². The number of methoxy groups -OCH3 is 2. The van der Waals surface area contributed by atoms with Crippen molar-refractivity contribution >= 4 is 16.7 Å². The van der Waals surface area contributed by atoms with Crippen LogP contribution < -0.4 is 9.47 Å². The fourth-order valence-electron chi connectivity index (χ4n) is 2.64. The summed E-state index contributed by atoms with van der Waals surface area (Å²) < 4.78 is 16.2. The standard InChI is InChI=1S/C15H14O4/c1-8-12-10(15(16)19-8)7-9-5-4-6-11(17-2)13(9)14(12)18-3/h4-8H,1-3H3/t8-/m0/s1. The lowest BCUT2D eigenvalue weighted by atomic mass is 9.97. The number of ether oxygens (including phenoxy) is 3. The minimum atomic E-state index is -0.300. The third kappa shape index (κ3) is 1.56. The van der Waals surface area contributed by atoms with E-state index in [0.29, 0.717) is 11.3 Å². The first-order chi connectivity index (χ1) is 9.17. The van der Waals surface area contributed by atoms with Gasteiger partial charge in [0.05, 0.1) is 25.2 Å². The van der Waals surface area contributed by atoms with Crippen LogP contribution >= 0.6 is 0 Å². The number of hydrogen-bond acceptors (Lipinski definition) is 4. The van der Waals surface area contributed by atoms with Crippen molar-refractivity contribution in [2.45, 2.75) is 13.0 Å². The molecule has 1 aliphatic heterocycles. The second-order valence-electron chi connectivity index (χ2n) is 4.48. The lowest BCUT2D eigenvalue weighted by molar-refractivity contribution is 0.0420. The molecule has 1 atom stereocenters. The van der Waals surface area contributed by atoms with Gasteiger partial charge in [-0.15, -0.1) is 0 Å². The van der Waals surface area contributed by atoms with Crippen molar-refractivity contribution in [2.24, 2.45) is 0 Å². The van der Waals surface area contributed by atoms with Gasteiger partial charge in [-0.1, -0.05) is 12.1 Å².